The Labute approximate surface area is 125 Å². The maximum atomic E-state index is 13.8. The third-order valence-corrected chi connectivity index (χ3v) is 3.42. The predicted molar refractivity (Wildman–Crippen MR) is 77.5 cm³/mol. The molecule has 0 spiro atoms. The number of carboxylic acid groups (broad SMARTS) is 1. The van der Waals surface area contributed by atoms with Crippen LogP contribution in [0.5, 0.6) is 0 Å². The standard InChI is InChI=1S/C15H11ClFNO3/c1-8-4-2-5-9(12(8)16)14(19)18-13-10(15(20)21)6-3-7-11(13)17/h2-7H,1H3,(H,18,19)(H,20,21). The van der Waals surface area contributed by atoms with Crippen LogP contribution in [0.3, 0.4) is 0 Å². The van der Waals surface area contributed by atoms with Crippen molar-refractivity contribution < 1.29 is 19.1 Å². The monoisotopic (exact) mass is 307 g/mol. The van der Waals surface area contributed by atoms with Crippen LogP contribution >= 0.6 is 11.6 Å². The van der Waals surface area contributed by atoms with Gasteiger partial charge >= 0.3 is 5.97 Å². The summed E-state index contributed by atoms with van der Waals surface area (Å²) in [4.78, 5) is 23.2. The molecular weight excluding hydrogens is 297 g/mol. The zero-order chi connectivity index (χ0) is 15.6. The molecule has 2 rings (SSSR count). The molecule has 0 radical (unpaired) electrons. The molecule has 0 unspecified atom stereocenters. The molecule has 0 aliphatic carbocycles. The highest BCUT2D eigenvalue weighted by atomic mass is 35.5. The van der Waals surface area contributed by atoms with Gasteiger partial charge in [-0.3, -0.25) is 4.79 Å². The number of hydrogen-bond acceptors (Lipinski definition) is 2. The molecule has 2 N–H and O–H groups in total. The van der Waals surface area contributed by atoms with Crippen molar-refractivity contribution in [2.45, 2.75) is 6.92 Å². The summed E-state index contributed by atoms with van der Waals surface area (Å²) < 4.78 is 13.8. The minimum absolute atomic E-state index is 0.149. The Bertz CT molecular complexity index is 731. The first-order valence-electron chi connectivity index (χ1n) is 6.00. The summed E-state index contributed by atoms with van der Waals surface area (Å²) in [5.41, 5.74) is 0.132. The lowest BCUT2D eigenvalue weighted by atomic mass is 10.1. The summed E-state index contributed by atoms with van der Waals surface area (Å²) in [7, 11) is 0. The number of carboxylic acids is 1. The van der Waals surface area contributed by atoms with Gasteiger partial charge in [-0.05, 0) is 30.7 Å². The topological polar surface area (TPSA) is 66.4 Å². The zero-order valence-corrected chi connectivity index (χ0v) is 11.7. The average molecular weight is 308 g/mol. The quantitative estimate of drug-likeness (QED) is 0.907. The third-order valence-electron chi connectivity index (χ3n) is 2.92. The van der Waals surface area contributed by atoms with E-state index in [2.05, 4.69) is 5.32 Å². The van der Waals surface area contributed by atoms with Crippen molar-refractivity contribution in [3.8, 4) is 0 Å². The third kappa shape index (κ3) is 3.03. The molecule has 0 bridgehead atoms. The van der Waals surface area contributed by atoms with E-state index in [9.17, 15) is 14.0 Å². The lowest BCUT2D eigenvalue weighted by molar-refractivity contribution is 0.0697. The molecule has 1 amide bonds. The van der Waals surface area contributed by atoms with Crippen molar-refractivity contribution in [1.29, 1.82) is 0 Å². The maximum absolute atomic E-state index is 13.8. The molecule has 0 saturated heterocycles. The Morgan fingerprint density at radius 2 is 1.76 bits per heavy atom. The molecule has 108 valence electrons. The highest BCUT2D eigenvalue weighted by Crippen LogP contribution is 2.24. The number of rotatable bonds is 3. The van der Waals surface area contributed by atoms with Crippen molar-refractivity contribution >= 4 is 29.2 Å². The number of carbonyl (C=O) groups is 2. The summed E-state index contributed by atoms with van der Waals surface area (Å²) in [5, 5.41) is 11.5. The molecule has 21 heavy (non-hydrogen) atoms. The van der Waals surface area contributed by atoms with Crippen LogP contribution in [0.15, 0.2) is 36.4 Å². The van der Waals surface area contributed by atoms with Gasteiger partial charge in [0.1, 0.15) is 5.82 Å². The number of halogens is 2. The lowest BCUT2D eigenvalue weighted by Crippen LogP contribution is -2.16. The van der Waals surface area contributed by atoms with Gasteiger partial charge in [-0.2, -0.15) is 0 Å². The number of para-hydroxylation sites is 1. The molecule has 4 nitrogen and oxygen atoms in total. The fourth-order valence-corrected chi connectivity index (χ4v) is 2.04. The number of nitrogens with one attached hydrogen (secondary N) is 1. The minimum atomic E-state index is -1.33. The summed E-state index contributed by atoms with van der Waals surface area (Å²) in [6.45, 7) is 1.73. The van der Waals surface area contributed by atoms with Crippen molar-refractivity contribution in [3.05, 3.63) is 63.9 Å². The highest BCUT2D eigenvalue weighted by molar-refractivity contribution is 6.35. The number of amides is 1. The van der Waals surface area contributed by atoms with Crippen molar-refractivity contribution in [2.24, 2.45) is 0 Å². The number of hydrogen-bond donors (Lipinski definition) is 2. The van der Waals surface area contributed by atoms with E-state index in [1.165, 1.54) is 18.2 Å². The molecule has 6 heteroatoms. The van der Waals surface area contributed by atoms with Crippen molar-refractivity contribution in [3.63, 3.8) is 0 Å². The summed E-state index contributed by atoms with van der Waals surface area (Å²) in [6, 6.07) is 8.37. The Morgan fingerprint density at radius 1 is 1.14 bits per heavy atom. The second kappa shape index (κ2) is 5.93. The first-order valence-corrected chi connectivity index (χ1v) is 6.38. The Kier molecular flexibility index (Phi) is 4.23. The molecule has 0 aliphatic rings. The number of aryl methyl sites for hydroxylation is 1. The molecule has 0 aliphatic heterocycles. The van der Waals surface area contributed by atoms with Crippen LogP contribution in [0.2, 0.25) is 5.02 Å². The normalized spacial score (nSPS) is 10.2. The first-order chi connectivity index (χ1) is 9.91. The number of aromatic carboxylic acids is 1. The Balaban J connectivity index is 2.41. The van der Waals surface area contributed by atoms with E-state index in [-0.39, 0.29) is 21.8 Å². The largest absolute Gasteiger partial charge is 0.478 e. The summed E-state index contributed by atoms with van der Waals surface area (Å²) in [5.74, 6) is -2.83. The van der Waals surface area contributed by atoms with E-state index in [4.69, 9.17) is 16.7 Å². The van der Waals surface area contributed by atoms with E-state index in [0.717, 1.165) is 6.07 Å². The van der Waals surface area contributed by atoms with Crippen LogP contribution in [0, 0.1) is 12.7 Å². The fourth-order valence-electron chi connectivity index (χ4n) is 1.83. The van der Waals surface area contributed by atoms with Gasteiger partial charge in [-0.25, -0.2) is 9.18 Å². The van der Waals surface area contributed by atoms with Crippen molar-refractivity contribution in [1.82, 2.24) is 0 Å². The summed E-state index contributed by atoms with van der Waals surface area (Å²) >= 11 is 6.03. The molecular formula is C15H11ClFNO3. The number of anilines is 1. The second-order valence-electron chi connectivity index (χ2n) is 4.36. The molecule has 2 aromatic rings. The Morgan fingerprint density at radius 3 is 2.43 bits per heavy atom. The van der Waals surface area contributed by atoms with Gasteiger partial charge in [0.2, 0.25) is 0 Å². The van der Waals surface area contributed by atoms with Crippen molar-refractivity contribution in [2.75, 3.05) is 5.32 Å². The second-order valence-corrected chi connectivity index (χ2v) is 4.74. The lowest BCUT2D eigenvalue weighted by Gasteiger charge is -2.11. The van der Waals surface area contributed by atoms with Gasteiger partial charge in [0, 0.05) is 0 Å². The van der Waals surface area contributed by atoms with Crippen LogP contribution in [0.25, 0.3) is 0 Å². The van der Waals surface area contributed by atoms with Gasteiger partial charge in [0.15, 0.2) is 0 Å². The number of carbonyl (C=O) groups excluding carboxylic acids is 1. The molecule has 0 fully saturated rings. The zero-order valence-electron chi connectivity index (χ0n) is 11.0. The van der Waals surface area contributed by atoms with Crippen LogP contribution in [-0.4, -0.2) is 17.0 Å². The van der Waals surface area contributed by atoms with Gasteiger partial charge in [-0.15, -0.1) is 0 Å². The average Bonchev–Trinajstić information content (AvgIpc) is 2.43. The maximum Gasteiger partial charge on any atom is 0.337 e. The van der Waals surface area contributed by atoms with Crippen LogP contribution in [-0.2, 0) is 0 Å². The number of benzene rings is 2. The molecule has 0 atom stereocenters. The van der Waals surface area contributed by atoms with E-state index < -0.39 is 17.7 Å². The molecule has 0 aromatic heterocycles. The van der Waals surface area contributed by atoms with Gasteiger partial charge < -0.3 is 10.4 Å². The van der Waals surface area contributed by atoms with E-state index in [1.54, 1.807) is 19.1 Å². The predicted octanol–water partition coefficient (Wildman–Crippen LogP) is 3.74. The smallest absolute Gasteiger partial charge is 0.337 e. The fraction of sp³-hybridized carbons (Fsp3) is 0.0667. The van der Waals surface area contributed by atoms with Gasteiger partial charge in [-0.1, -0.05) is 29.8 Å². The molecule has 2 aromatic carbocycles. The van der Waals surface area contributed by atoms with E-state index >= 15 is 0 Å². The molecule has 0 heterocycles. The SMILES string of the molecule is Cc1cccc(C(=O)Nc2c(F)cccc2C(=O)O)c1Cl. The Hall–Kier alpha value is -2.40. The van der Waals surface area contributed by atoms with E-state index in [0.29, 0.717) is 5.56 Å². The highest BCUT2D eigenvalue weighted by Gasteiger charge is 2.19. The first kappa shape index (κ1) is 15.0. The van der Waals surface area contributed by atoms with Crippen LogP contribution in [0.4, 0.5) is 10.1 Å². The van der Waals surface area contributed by atoms with Crippen LogP contribution < -0.4 is 5.32 Å². The van der Waals surface area contributed by atoms with Crippen LogP contribution in [0.1, 0.15) is 26.3 Å². The minimum Gasteiger partial charge on any atom is -0.478 e. The van der Waals surface area contributed by atoms with E-state index in [1.807, 2.05) is 0 Å². The van der Waals surface area contributed by atoms with Gasteiger partial charge in [0.25, 0.3) is 5.91 Å². The molecule has 0 saturated carbocycles. The van der Waals surface area contributed by atoms with Gasteiger partial charge in [0.05, 0.1) is 21.8 Å². The summed E-state index contributed by atoms with van der Waals surface area (Å²) in [6.07, 6.45) is 0.